The molecule has 1 saturated carbocycles. The van der Waals surface area contributed by atoms with Crippen LogP contribution in [0.4, 0.5) is 0 Å². The lowest BCUT2D eigenvalue weighted by Gasteiger charge is -2.41. The monoisotopic (exact) mass is 1100 g/mol. The SMILES string of the molecule is CCC(C)C(C(CC(=O)N1CCCC1C(OC)C(C)C(=O)NC(Cc1ccccc1)c1nccs1)OC)N(C)C(=O)C(NC(=O)C1(NC(=O)CCOCCOCCOCCOCCOCCOCCN)CCCC1)C(C)C. The van der Waals surface area contributed by atoms with Crippen LogP contribution in [0.1, 0.15) is 109 Å². The molecular weight excluding hydrogens is 1010 g/mol. The van der Waals surface area contributed by atoms with E-state index in [4.69, 9.17) is 43.6 Å². The van der Waals surface area contributed by atoms with Gasteiger partial charge in [0.1, 0.15) is 16.6 Å². The summed E-state index contributed by atoms with van der Waals surface area (Å²) < 4.78 is 45.1. The molecule has 1 aliphatic heterocycles. The number of hydrogen-bond donors (Lipinski definition) is 4. The molecule has 2 aliphatic rings. The minimum atomic E-state index is -1.17. The number of carbonyl (C=O) groups is 5. The second-order valence-corrected chi connectivity index (χ2v) is 21.4. The maximum atomic E-state index is 14.7. The smallest absolute Gasteiger partial charge is 0.246 e. The molecule has 8 unspecified atom stereocenters. The van der Waals surface area contributed by atoms with Crippen LogP contribution in [0, 0.1) is 17.8 Å². The van der Waals surface area contributed by atoms with Gasteiger partial charge in [-0.1, -0.05) is 84.2 Å². The third-order valence-corrected chi connectivity index (χ3v) is 15.6. The van der Waals surface area contributed by atoms with Gasteiger partial charge in [-0.25, -0.2) is 4.98 Å². The standard InChI is InChI=1S/C56H93N7O13S/c1-9-41(4)50(46(69-7)39-48(65)63-24-15-18-45(63)51(70-8)42(5)52(66)59-44(53-58-23-37-77-53)38-43-16-11-10-12-17-43)62(6)54(67)49(40(2)3)60-55(68)56(20-13-14-21-56)61-47(64)19-25-71-27-29-73-31-33-75-35-36-76-34-32-74-30-28-72-26-22-57/h10-12,16-17,23,37,40-42,44-46,49-51H,9,13-15,18-22,24-36,38-39,57H2,1-8H3,(H,59,66)(H,60,68)(H,61,64). The third-order valence-electron chi connectivity index (χ3n) is 14.7. The van der Waals surface area contributed by atoms with Crippen LogP contribution in [0.5, 0.6) is 0 Å². The number of methoxy groups -OCH3 is 2. The Balaban J connectivity index is 1.27. The number of ether oxygens (including phenoxy) is 8. The molecular formula is C56H93N7O13S. The summed E-state index contributed by atoms with van der Waals surface area (Å²) in [6.45, 7) is 15.6. The second-order valence-electron chi connectivity index (χ2n) is 20.5. The Labute approximate surface area is 462 Å². The zero-order valence-electron chi connectivity index (χ0n) is 47.3. The van der Waals surface area contributed by atoms with Crippen molar-refractivity contribution in [2.75, 3.05) is 114 Å². The van der Waals surface area contributed by atoms with E-state index in [2.05, 4.69) is 20.9 Å². The molecule has 0 radical (unpaired) electrons. The first-order chi connectivity index (χ1) is 37.2. The van der Waals surface area contributed by atoms with Gasteiger partial charge < -0.3 is 69.4 Å². The van der Waals surface area contributed by atoms with E-state index < -0.39 is 41.7 Å². The Hall–Kier alpha value is -4.16. The van der Waals surface area contributed by atoms with Gasteiger partial charge in [0.15, 0.2) is 0 Å². The number of benzene rings is 1. The molecule has 436 valence electrons. The molecule has 1 saturated heterocycles. The first kappa shape index (κ1) is 65.4. The summed E-state index contributed by atoms with van der Waals surface area (Å²) in [6.07, 6.45) is 5.55. The second kappa shape index (κ2) is 36.2. The number of thiazole rings is 1. The summed E-state index contributed by atoms with van der Waals surface area (Å²) in [5.74, 6) is -2.36. The van der Waals surface area contributed by atoms with Crippen LogP contribution in [-0.4, -0.2) is 194 Å². The Morgan fingerprint density at radius 2 is 1.39 bits per heavy atom. The van der Waals surface area contributed by atoms with Gasteiger partial charge in [0.05, 0.1) is 122 Å². The molecule has 5 N–H and O–H groups in total. The quantitative estimate of drug-likeness (QED) is 0.0673. The number of likely N-dealkylation sites (N-methyl/N-ethyl adjacent to an activating group) is 1. The van der Waals surface area contributed by atoms with E-state index in [-0.39, 0.29) is 67.0 Å². The normalized spacial score (nSPS) is 18.1. The van der Waals surface area contributed by atoms with Gasteiger partial charge >= 0.3 is 0 Å². The number of aromatic nitrogens is 1. The highest BCUT2D eigenvalue weighted by Gasteiger charge is 2.46. The Morgan fingerprint density at radius 3 is 1.91 bits per heavy atom. The van der Waals surface area contributed by atoms with Crippen molar-refractivity contribution in [1.29, 1.82) is 0 Å². The highest BCUT2D eigenvalue weighted by Crippen LogP contribution is 2.33. The van der Waals surface area contributed by atoms with Crippen molar-refractivity contribution in [2.24, 2.45) is 23.5 Å². The molecule has 20 nitrogen and oxygen atoms in total. The first-order valence-corrected chi connectivity index (χ1v) is 28.7. The van der Waals surface area contributed by atoms with Crippen molar-refractivity contribution in [3.8, 4) is 0 Å². The lowest BCUT2D eigenvalue weighted by molar-refractivity contribution is -0.148. The van der Waals surface area contributed by atoms with Gasteiger partial charge in [0.2, 0.25) is 29.5 Å². The summed E-state index contributed by atoms with van der Waals surface area (Å²) in [5, 5.41) is 12.0. The van der Waals surface area contributed by atoms with Crippen LogP contribution >= 0.6 is 11.3 Å². The molecule has 1 aliphatic carbocycles. The van der Waals surface area contributed by atoms with Gasteiger partial charge in [-0.3, -0.25) is 24.0 Å². The zero-order valence-corrected chi connectivity index (χ0v) is 48.2. The number of rotatable bonds is 40. The summed E-state index contributed by atoms with van der Waals surface area (Å²) in [6, 6.07) is 7.82. The molecule has 77 heavy (non-hydrogen) atoms. The molecule has 1 aromatic heterocycles. The molecule has 2 heterocycles. The van der Waals surface area contributed by atoms with E-state index in [1.807, 2.05) is 75.2 Å². The van der Waals surface area contributed by atoms with Crippen LogP contribution < -0.4 is 21.7 Å². The maximum Gasteiger partial charge on any atom is 0.246 e. The molecule has 21 heteroatoms. The Bertz CT molecular complexity index is 1980. The fourth-order valence-corrected chi connectivity index (χ4v) is 10.9. The van der Waals surface area contributed by atoms with Gasteiger partial charge in [0, 0.05) is 52.4 Å². The van der Waals surface area contributed by atoms with Gasteiger partial charge in [0.25, 0.3) is 0 Å². The number of amides is 5. The van der Waals surface area contributed by atoms with E-state index in [9.17, 15) is 24.0 Å². The van der Waals surface area contributed by atoms with Gasteiger partial charge in [-0.2, -0.15) is 0 Å². The van der Waals surface area contributed by atoms with Crippen LogP contribution in [-0.2, 0) is 68.3 Å². The highest BCUT2D eigenvalue weighted by molar-refractivity contribution is 7.09. The van der Waals surface area contributed by atoms with Crippen LogP contribution in [0.3, 0.4) is 0 Å². The van der Waals surface area contributed by atoms with Crippen molar-refractivity contribution < 1.29 is 61.9 Å². The molecule has 8 atom stereocenters. The van der Waals surface area contributed by atoms with Crippen molar-refractivity contribution in [3.63, 3.8) is 0 Å². The van der Waals surface area contributed by atoms with Crippen molar-refractivity contribution in [3.05, 3.63) is 52.5 Å². The molecule has 5 amide bonds. The van der Waals surface area contributed by atoms with E-state index in [0.717, 1.165) is 29.8 Å². The number of nitrogens with zero attached hydrogens (tertiary/aromatic N) is 3. The predicted octanol–water partition coefficient (Wildman–Crippen LogP) is 4.48. The largest absolute Gasteiger partial charge is 0.379 e. The average molecular weight is 1100 g/mol. The topological polar surface area (TPSA) is 241 Å². The Morgan fingerprint density at radius 1 is 0.805 bits per heavy atom. The first-order valence-electron chi connectivity index (χ1n) is 27.9. The molecule has 2 aromatic rings. The highest BCUT2D eigenvalue weighted by atomic mass is 32.1. The summed E-state index contributed by atoms with van der Waals surface area (Å²) >= 11 is 1.49. The molecule has 0 bridgehead atoms. The minimum absolute atomic E-state index is 0.0122. The number of carbonyl (C=O) groups excluding carboxylic acids is 5. The number of nitrogens with two attached hydrogens (primary N) is 1. The lowest BCUT2D eigenvalue weighted by Crippen LogP contribution is -2.63. The van der Waals surface area contributed by atoms with Crippen LogP contribution in [0.2, 0.25) is 0 Å². The van der Waals surface area contributed by atoms with E-state index in [1.165, 1.54) is 11.3 Å². The van der Waals surface area contributed by atoms with Gasteiger partial charge in [-0.05, 0) is 49.5 Å². The van der Waals surface area contributed by atoms with Crippen LogP contribution in [0.25, 0.3) is 0 Å². The number of hydrogen-bond acceptors (Lipinski definition) is 16. The van der Waals surface area contributed by atoms with Crippen molar-refractivity contribution >= 4 is 40.9 Å². The maximum absolute atomic E-state index is 14.7. The fourth-order valence-electron chi connectivity index (χ4n) is 10.2. The van der Waals surface area contributed by atoms with Crippen molar-refractivity contribution in [1.82, 2.24) is 30.7 Å². The van der Waals surface area contributed by atoms with E-state index >= 15 is 0 Å². The molecule has 1 aromatic carbocycles. The molecule has 0 spiro atoms. The minimum Gasteiger partial charge on any atom is -0.379 e. The summed E-state index contributed by atoms with van der Waals surface area (Å²) in [7, 11) is 4.85. The van der Waals surface area contributed by atoms with Gasteiger partial charge in [-0.15, -0.1) is 11.3 Å². The average Bonchev–Trinajstić information content (AvgIpc) is 4.26. The van der Waals surface area contributed by atoms with Crippen LogP contribution in [0.15, 0.2) is 41.9 Å². The Kier molecular flexibility index (Phi) is 30.7. The lowest BCUT2D eigenvalue weighted by atomic mass is 9.89. The molecule has 4 rings (SSSR count). The predicted molar refractivity (Wildman–Crippen MR) is 294 cm³/mol. The zero-order chi connectivity index (χ0) is 56.0. The number of nitrogens with one attached hydrogen (secondary N) is 3. The molecule has 2 fully saturated rings. The summed E-state index contributed by atoms with van der Waals surface area (Å²) in [4.78, 5) is 78.9. The van der Waals surface area contributed by atoms with Crippen molar-refractivity contribution in [2.45, 2.75) is 141 Å². The van der Waals surface area contributed by atoms with E-state index in [0.29, 0.717) is 118 Å². The fraction of sp³-hybridized carbons (Fsp3) is 0.750. The summed E-state index contributed by atoms with van der Waals surface area (Å²) in [5.41, 5.74) is 5.28. The van der Waals surface area contributed by atoms with E-state index in [1.54, 1.807) is 32.4 Å². The number of likely N-dealkylation sites (tertiary alicyclic amines) is 1. The third kappa shape index (κ3) is 21.4.